The van der Waals surface area contributed by atoms with E-state index in [-0.39, 0.29) is 11.4 Å². The molecule has 2 aromatic rings. The normalized spacial score (nSPS) is 11.7. The molecule has 3 N–H and O–H groups in total. The lowest BCUT2D eigenvalue weighted by Gasteiger charge is -2.07. The van der Waals surface area contributed by atoms with Crippen LogP contribution in [0.2, 0.25) is 0 Å². The van der Waals surface area contributed by atoms with Gasteiger partial charge in [-0.25, -0.2) is 13.1 Å². The Morgan fingerprint density at radius 1 is 1.32 bits per heavy atom. The molecule has 19 heavy (non-hydrogen) atoms. The molecule has 4 nitrogen and oxygen atoms in total. The molecule has 1 heterocycles. The van der Waals surface area contributed by atoms with Crippen LogP contribution in [0.4, 0.5) is 5.69 Å². The van der Waals surface area contributed by atoms with Gasteiger partial charge in [0, 0.05) is 17.1 Å². The molecule has 0 unspecified atom stereocenters. The van der Waals surface area contributed by atoms with E-state index >= 15 is 0 Å². The van der Waals surface area contributed by atoms with Gasteiger partial charge in [-0.3, -0.25) is 0 Å². The van der Waals surface area contributed by atoms with Crippen molar-refractivity contribution >= 4 is 43.0 Å². The van der Waals surface area contributed by atoms with Crippen molar-refractivity contribution in [3.05, 3.63) is 44.6 Å². The van der Waals surface area contributed by atoms with E-state index in [1.165, 1.54) is 17.4 Å². The summed E-state index contributed by atoms with van der Waals surface area (Å²) in [5.74, 6) is 0. The second-order valence-electron chi connectivity index (χ2n) is 4.05. The zero-order valence-corrected chi connectivity index (χ0v) is 13.4. The predicted octanol–water partition coefficient (Wildman–Crippen LogP) is 2.88. The average molecular weight is 361 g/mol. The van der Waals surface area contributed by atoms with Crippen LogP contribution in [0.1, 0.15) is 10.4 Å². The number of hydrogen-bond donors (Lipinski definition) is 2. The van der Waals surface area contributed by atoms with E-state index in [4.69, 9.17) is 5.73 Å². The molecule has 2 rings (SSSR count). The molecule has 7 heteroatoms. The van der Waals surface area contributed by atoms with Gasteiger partial charge in [0.2, 0.25) is 10.0 Å². The summed E-state index contributed by atoms with van der Waals surface area (Å²) in [6.45, 7) is 2.06. The first-order chi connectivity index (χ1) is 8.88. The molecule has 0 aliphatic heterocycles. The van der Waals surface area contributed by atoms with Gasteiger partial charge in [0.25, 0.3) is 0 Å². The highest BCUT2D eigenvalue weighted by Crippen LogP contribution is 2.22. The molecule has 0 aliphatic rings. The van der Waals surface area contributed by atoms with Crippen molar-refractivity contribution in [2.24, 2.45) is 0 Å². The Balaban J connectivity index is 2.16. The van der Waals surface area contributed by atoms with Gasteiger partial charge in [0.05, 0.1) is 8.68 Å². The highest BCUT2D eigenvalue weighted by atomic mass is 79.9. The number of aryl methyl sites for hydroxylation is 1. The third-order valence-electron chi connectivity index (χ3n) is 2.62. The number of nitrogen functional groups attached to an aromatic ring is 1. The van der Waals surface area contributed by atoms with E-state index < -0.39 is 10.0 Å². The standard InChI is InChI=1S/C12H13BrN2O2S2/c1-8-6-10(3-4-11(8)14)19(16,17)15-7-9-2-5-12(13)18-9/h2-6,15H,7,14H2,1H3. The Morgan fingerprint density at radius 2 is 2.05 bits per heavy atom. The molecule has 0 spiro atoms. The molecule has 1 aromatic heterocycles. The van der Waals surface area contributed by atoms with Crippen LogP contribution in [0.25, 0.3) is 0 Å². The SMILES string of the molecule is Cc1cc(S(=O)(=O)NCc2ccc(Br)s2)ccc1N. The van der Waals surface area contributed by atoms with Crippen LogP contribution in [0.5, 0.6) is 0 Å². The molecule has 0 amide bonds. The minimum atomic E-state index is -3.50. The second-order valence-corrected chi connectivity index (χ2v) is 8.36. The van der Waals surface area contributed by atoms with Crippen molar-refractivity contribution in [2.75, 3.05) is 5.73 Å². The summed E-state index contributed by atoms with van der Waals surface area (Å²) in [6.07, 6.45) is 0. The zero-order valence-electron chi connectivity index (χ0n) is 10.2. The summed E-state index contributed by atoms with van der Waals surface area (Å²) in [5.41, 5.74) is 7.02. The highest BCUT2D eigenvalue weighted by molar-refractivity contribution is 9.11. The summed E-state index contributed by atoms with van der Waals surface area (Å²) in [4.78, 5) is 1.18. The van der Waals surface area contributed by atoms with Gasteiger partial charge in [0.1, 0.15) is 0 Å². The first-order valence-corrected chi connectivity index (χ1v) is 8.58. The Labute approximate surface area is 124 Å². The highest BCUT2D eigenvalue weighted by Gasteiger charge is 2.14. The number of sulfonamides is 1. The second kappa shape index (κ2) is 5.62. The van der Waals surface area contributed by atoms with Gasteiger partial charge in [-0.1, -0.05) is 0 Å². The van der Waals surface area contributed by atoms with Gasteiger partial charge < -0.3 is 5.73 Å². The number of thiophene rings is 1. The third kappa shape index (κ3) is 3.56. The zero-order chi connectivity index (χ0) is 14.0. The number of anilines is 1. The number of halogens is 1. The van der Waals surface area contributed by atoms with Crippen molar-refractivity contribution < 1.29 is 8.42 Å². The maximum Gasteiger partial charge on any atom is 0.240 e. The van der Waals surface area contributed by atoms with E-state index in [1.807, 2.05) is 12.1 Å². The van der Waals surface area contributed by atoms with Crippen molar-refractivity contribution in [3.63, 3.8) is 0 Å². The van der Waals surface area contributed by atoms with Gasteiger partial charge in [-0.05, 0) is 58.7 Å². The fourth-order valence-corrected chi connectivity index (χ4v) is 4.12. The summed E-state index contributed by atoms with van der Waals surface area (Å²) in [7, 11) is -3.50. The number of nitrogens with two attached hydrogens (primary N) is 1. The molecular formula is C12H13BrN2O2S2. The van der Waals surface area contributed by atoms with Crippen molar-refractivity contribution in [2.45, 2.75) is 18.4 Å². The fraction of sp³-hybridized carbons (Fsp3) is 0.167. The fourth-order valence-electron chi connectivity index (χ4n) is 1.51. The van der Waals surface area contributed by atoms with Gasteiger partial charge in [-0.2, -0.15) is 0 Å². The quantitative estimate of drug-likeness (QED) is 0.823. The maximum atomic E-state index is 12.1. The average Bonchev–Trinajstić information content (AvgIpc) is 2.76. The Bertz CT molecular complexity index is 696. The van der Waals surface area contributed by atoms with Crippen LogP contribution in [-0.4, -0.2) is 8.42 Å². The smallest absolute Gasteiger partial charge is 0.240 e. The van der Waals surface area contributed by atoms with Crippen LogP contribution >= 0.6 is 27.3 Å². The van der Waals surface area contributed by atoms with E-state index in [1.54, 1.807) is 19.1 Å². The number of hydrogen-bond acceptors (Lipinski definition) is 4. The van der Waals surface area contributed by atoms with Gasteiger partial charge >= 0.3 is 0 Å². The molecule has 0 fully saturated rings. The van der Waals surface area contributed by atoms with Crippen LogP contribution < -0.4 is 10.5 Å². The van der Waals surface area contributed by atoms with E-state index in [0.717, 1.165) is 14.2 Å². The summed E-state index contributed by atoms with van der Waals surface area (Å²) >= 11 is 4.84. The van der Waals surface area contributed by atoms with Crippen molar-refractivity contribution in [3.8, 4) is 0 Å². The lowest BCUT2D eigenvalue weighted by atomic mass is 10.2. The molecule has 0 saturated carbocycles. The topological polar surface area (TPSA) is 72.2 Å². The molecule has 1 aromatic carbocycles. The minimum Gasteiger partial charge on any atom is -0.399 e. The molecule has 0 saturated heterocycles. The largest absolute Gasteiger partial charge is 0.399 e. The van der Waals surface area contributed by atoms with Crippen molar-refractivity contribution in [1.29, 1.82) is 0 Å². The molecular weight excluding hydrogens is 348 g/mol. The molecule has 0 atom stereocenters. The van der Waals surface area contributed by atoms with Crippen LogP contribution in [-0.2, 0) is 16.6 Å². The summed E-state index contributed by atoms with van der Waals surface area (Å²) < 4.78 is 27.8. The lowest BCUT2D eigenvalue weighted by molar-refractivity contribution is 0.582. The van der Waals surface area contributed by atoms with Crippen molar-refractivity contribution in [1.82, 2.24) is 4.72 Å². The van der Waals surface area contributed by atoms with Crippen LogP contribution in [0.3, 0.4) is 0 Å². The van der Waals surface area contributed by atoms with Crippen LogP contribution in [0, 0.1) is 6.92 Å². The molecule has 0 aliphatic carbocycles. The Hall–Kier alpha value is -0.890. The lowest BCUT2D eigenvalue weighted by Crippen LogP contribution is -2.22. The van der Waals surface area contributed by atoms with E-state index in [2.05, 4.69) is 20.7 Å². The van der Waals surface area contributed by atoms with Gasteiger partial charge in [0.15, 0.2) is 0 Å². The monoisotopic (exact) mass is 360 g/mol. The first-order valence-electron chi connectivity index (χ1n) is 5.48. The summed E-state index contributed by atoms with van der Waals surface area (Å²) in [6, 6.07) is 8.45. The van der Waals surface area contributed by atoms with E-state index in [9.17, 15) is 8.42 Å². The molecule has 102 valence electrons. The van der Waals surface area contributed by atoms with Gasteiger partial charge in [-0.15, -0.1) is 11.3 Å². The number of benzene rings is 1. The third-order valence-corrected chi connectivity index (χ3v) is 5.64. The number of nitrogens with one attached hydrogen (secondary N) is 1. The predicted molar refractivity (Wildman–Crippen MR) is 81.6 cm³/mol. The molecule has 0 bridgehead atoms. The first kappa shape index (κ1) is 14.5. The minimum absolute atomic E-state index is 0.231. The number of rotatable bonds is 4. The Kier molecular flexibility index (Phi) is 4.29. The maximum absolute atomic E-state index is 12.1. The summed E-state index contributed by atoms with van der Waals surface area (Å²) in [5, 5.41) is 0. The van der Waals surface area contributed by atoms with Crippen LogP contribution in [0.15, 0.2) is 39.0 Å². The molecule has 0 radical (unpaired) electrons. The van der Waals surface area contributed by atoms with E-state index in [0.29, 0.717) is 5.69 Å². The Morgan fingerprint density at radius 3 is 2.63 bits per heavy atom.